The van der Waals surface area contributed by atoms with E-state index in [0.717, 1.165) is 28.0 Å². The van der Waals surface area contributed by atoms with E-state index in [1.165, 1.54) is 0 Å². The molecule has 2 heterocycles. The maximum absolute atomic E-state index is 5.91. The van der Waals surface area contributed by atoms with Gasteiger partial charge < -0.3 is 14.0 Å². The topological polar surface area (TPSA) is 66.5 Å². The minimum absolute atomic E-state index is 0.529. The van der Waals surface area contributed by atoms with Crippen LogP contribution in [0, 0.1) is 0 Å². The lowest BCUT2D eigenvalue weighted by Gasteiger charge is -2.11. The molecule has 4 rings (SSSR count). The summed E-state index contributed by atoms with van der Waals surface area (Å²) in [5.41, 5.74) is 2.16. The summed E-state index contributed by atoms with van der Waals surface area (Å²) >= 11 is 0. The van der Waals surface area contributed by atoms with Gasteiger partial charge in [-0.15, -0.1) is 10.2 Å². The van der Waals surface area contributed by atoms with Crippen LogP contribution in [-0.2, 0) is 6.54 Å². The molecule has 2 aromatic carbocycles. The molecule has 7 heteroatoms. The Labute approximate surface area is 156 Å². The Morgan fingerprint density at radius 2 is 1.74 bits per heavy atom. The van der Waals surface area contributed by atoms with E-state index in [0.29, 0.717) is 13.2 Å². The van der Waals surface area contributed by atoms with Crippen LogP contribution in [-0.4, -0.2) is 39.4 Å². The molecule has 0 spiro atoms. The van der Waals surface area contributed by atoms with Crippen LogP contribution in [0.1, 0.15) is 5.56 Å². The van der Waals surface area contributed by atoms with E-state index in [9.17, 15) is 0 Å². The minimum Gasteiger partial charge on any atom is -0.493 e. The van der Waals surface area contributed by atoms with Crippen LogP contribution in [0.3, 0.4) is 0 Å². The van der Waals surface area contributed by atoms with Gasteiger partial charge in [0, 0.05) is 22.7 Å². The van der Waals surface area contributed by atoms with Crippen molar-refractivity contribution >= 4 is 17.1 Å². The Hall–Kier alpha value is -3.61. The van der Waals surface area contributed by atoms with Crippen molar-refractivity contribution in [1.29, 1.82) is 0 Å². The normalized spacial score (nSPS) is 11.3. The molecule has 0 saturated carbocycles. The predicted octanol–water partition coefficient (Wildman–Crippen LogP) is 3.20. The van der Waals surface area contributed by atoms with Crippen molar-refractivity contribution in [2.24, 2.45) is 5.10 Å². The molecule has 0 aliphatic rings. The fraction of sp³-hybridized carbons (Fsp3) is 0.150. The number of fused-ring (bicyclic) bond motifs is 1. The highest BCUT2D eigenvalue weighted by Crippen LogP contribution is 2.26. The van der Waals surface area contributed by atoms with E-state index in [4.69, 9.17) is 9.47 Å². The second-order valence-electron chi connectivity index (χ2n) is 5.88. The van der Waals surface area contributed by atoms with Crippen molar-refractivity contribution in [2.75, 3.05) is 13.7 Å². The highest BCUT2D eigenvalue weighted by Gasteiger charge is 2.08. The first kappa shape index (κ1) is 16.8. The molecule has 2 aromatic heterocycles. The molecule has 0 fully saturated rings. The number of para-hydroxylation sites is 3. The van der Waals surface area contributed by atoms with Crippen LogP contribution in [0.15, 0.2) is 72.5 Å². The van der Waals surface area contributed by atoms with Gasteiger partial charge in [-0.2, -0.15) is 5.10 Å². The van der Waals surface area contributed by atoms with E-state index in [1.807, 2.05) is 42.6 Å². The molecular weight excluding hydrogens is 342 g/mol. The van der Waals surface area contributed by atoms with Gasteiger partial charge in [-0.3, -0.25) is 0 Å². The zero-order valence-corrected chi connectivity index (χ0v) is 14.9. The SMILES string of the molecule is COc1ccccc1OCCn1cc(C=Nn2cnnc2)c2ccccc21. The van der Waals surface area contributed by atoms with Gasteiger partial charge in [-0.25, -0.2) is 4.68 Å². The highest BCUT2D eigenvalue weighted by molar-refractivity contribution is 5.99. The molecule has 27 heavy (non-hydrogen) atoms. The number of hydrogen-bond donors (Lipinski definition) is 0. The monoisotopic (exact) mass is 361 g/mol. The van der Waals surface area contributed by atoms with Crippen molar-refractivity contribution in [3.8, 4) is 11.5 Å². The molecule has 0 unspecified atom stereocenters. The zero-order chi connectivity index (χ0) is 18.5. The van der Waals surface area contributed by atoms with Gasteiger partial charge in [0.25, 0.3) is 0 Å². The van der Waals surface area contributed by atoms with Crippen molar-refractivity contribution in [3.63, 3.8) is 0 Å². The van der Waals surface area contributed by atoms with Crippen LogP contribution >= 0.6 is 0 Å². The Morgan fingerprint density at radius 1 is 1.00 bits per heavy atom. The molecule has 0 radical (unpaired) electrons. The number of nitrogens with zero attached hydrogens (tertiary/aromatic N) is 5. The summed E-state index contributed by atoms with van der Waals surface area (Å²) in [7, 11) is 1.64. The summed E-state index contributed by atoms with van der Waals surface area (Å²) < 4.78 is 15.0. The molecule has 0 saturated heterocycles. The molecule has 0 N–H and O–H groups in total. The highest BCUT2D eigenvalue weighted by atomic mass is 16.5. The predicted molar refractivity (Wildman–Crippen MR) is 103 cm³/mol. The third kappa shape index (κ3) is 3.67. The smallest absolute Gasteiger partial charge is 0.161 e. The number of ether oxygens (including phenoxy) is 2. The lowest BCUT2D eigenvalue weighted by atomic mass is 10.2. The summed E-state index contributed by atoms with van der Waals surface area (Å²) in [6, 6.07) is 15.9. The summed E-state index contributed by atoms with van der Waals surface area (Å²) in [5, 5.41) is 13.0. The number of benzene rings is 2. The van der Waals surface area contributed by atoms with Crippen LogP contribution < -0.4 is 9.47 Å². The second kappa shape index (κ2) is 7.74. The molecule has 7 nitrogen and oxygen atoms in total. The first-order valence-corrected chi connectivity index (χ1v) is 8.58. The largest absolute Gasteiger partial charge is 0.493 e. The average molecular weight is 361 g/mol. The first-order chi connectivity index (χ1) is 13.3. The van der Waals surface area contributed by atoms with Gasteiger partial charge in [0.15, 0.2) is 11.5 Å². The summed E-state index contributed by atoms with van der Waals surface area (Å²) in [6.07, 6.45) is 6.99. The third-order valence-corrected chi connectivity index (χ3v) is 4.21. The minimum atomic E-state index is 0.529. The zero-order valence-electron chi connectivity index (χ0n) is 14.9. The Kier molecular flexibility index (Phi) is 4.82. The summed E-state index contributed by atoms with van der Waals surface area (Å²) in [6.45, 7) is 1.24. The van der Waals surface area contributed by atoms with Crippen LogP contribution in [0.25, 0.3) is 10.9 Å². The molecule has 0 aliphatic heterocycles. The quantitative estimate of drug-likeness (QED) is 0.474. The van der Waals surface area contributed by atoms with E-state index in [2.05, 4.69) is 38.2 Å². The lowest BCUT2D eigenvalue weighted by molar-refractivity contribution is 0.281. The number of hydrogen-bond acceptors (Lipinski definition) is 5. The molecule has 0 bridgehead atoms. The Balaban J connectivity index is 1.53. The number of rotatable bonds is 7. The van der Waals surface area contributed by atoms with E-state index in [-0.39, 0.29) is 0 Å². The van der Waals surface area contributed by atoms with Crippen molar-refractivity contribution < 1.29 is 9.47 Å². The summed E-state index contributed by atoms with van der Waals surface area (Å²) in [5.74, 6) is 1.47. The van der Waals surface area contributed by atoms with E-state index >= 15 is 0 Å². The third-order valence-electron chi connectivity index (χ3n) is 4.21. The fourth-order valence-corrected chi connectivity index (χ4v) is 2.94. The second-order valence-corrected chi connectivity index (χ2v) is 5.88. The van der Waals surface area contributed by atoms with Crippen LogP contribution in [0.5, 0.6) is 11.5 Å². The molecule has 136 valence electrons. The number of methoxy groups -OCH3 is 1. The molecule has 0 atom stereocenters. The lowest BCUT2D eigenvalue weighted by Crippen LogP contribution is -2.07. The molecule has 0 aliphatic carbocycles. The molecule has 0 amide bonds. The maximum Gasteiger partial charge on any atom is 0.161 e. The van der Waals surface area contributed by atoms with Crippen LogP contribution in [0.2, 0.25) is 0 Å². The number of aromatic nitrogens is 4. The van der Waals surface area contributed by atoms with E-state index in [1.54, 1.807) is 24.4 Å². The van der Waals surface area contributed by atoms with Gasteiger partial charge >= 0.3 is 0 Å². The molecular formula is C20H19N5O2. The molecule has 4 aromatic rings. The van der Waals surface area contributed by atoms with E-state index < -0.39 is 0 Å². The van der Waals surface area contributed by atoms with Crippen molar-refractivity contribution in [1.82, 2.24) is 19.4 Å². The van der Waals surface area contributed by atoms with Gasteiger partial charge in [-0.1, -0.05) is 30.3 Å². The fourth-order valence-electron chi connectivity index (χ4n) is 2.94. The standard InChI is InChI=1S/C20H19N5O2/c1-26-19-8-4-5-9-20(19)27-11-10-24-13-16(12-23-25-14-21-22-15-25)17-6-2-3-7-18(17)24/h2-9,12-15H,10-11H2,1H3. The van der Waals surface area contributed by atoms with Crippen LogP contribution in [0.4, 0.5) is 0 Å². The van der Waals surface area contributed by atoms with Gasteiger partial charge in [0.1, 0.15) is 19.3 Å². The van der Waals surface area contributed by atoms with Gasteiger partial charge in [-0.05, 0) is 18.2 Å². The van der Waals surface area contributed by atoms with Gasteiger partial charge in [0.05, 0.1) is 19.9 Å². The summed E-state index contributed by atoms with van der Waals surface area (Å²) in [4.78, 5) is 0. The Morgan fingerprint density at radius 3 is 2.56 bits per heavy atom. The first-order valence-electron chi connectivity index (χ1n) is 8.58. The van der Waals surface area contributed by atoms with Crippen molar-refractivity contribution in [2.45, 2.75) is 6.54 Å². The Bertz CT molecular complexity index is 1050. The maximum atomic E-state index is 5.91. The van der Waals surface area contributed by atoms with Crippen molar-refractivity contribution in [3.05, 3.63) is 72.9 Å². The van der Waals surface area contributed by atoms with Gasteiger partial charge in [0.2, 0.25) is 0 Å². The average Bonchev–Trinajstić information content (AvgIpc) is 3.35.